The van der Waals surface area contributed by atoms with Gasteiger partial charge in [-0.25, -0.2) is 10.5 Å². The van der Waals surface area contributed by atoms with Gasteiger partial charge in [-0.3, -0.25) is 4.57 Å². The first-order valence-corrected chi connectivity index (χ1v) is 5.14. The molecule has 0 aliphatic rings. The predicted molar refractivity (Wildman–Crippen MR) is 45.2 cm³/mol. The fourth-order valence-corrected chi connectivity index (χ4v) is 1.60. The maximum atomic E-state index is 11.0. The van der Waals surface area contributed by atoms with Crippen molar-refractivity contribution in [3.8, 4) is 0 Å². The van der Waals surface area contributed by atoms with Gasteiger partial charge in [0.2, 0.25) is 0 Å². The molecule has 1 atom stereocenters. The fourth-order valence-electron chi connectivity index (χ4n) is 0.851. The van der Waals surface area contributed by atoms with Crippen LogP contribution in [0.3, 0.4) is 0 Å². The normalized spacial score (nSPS) is 15.5. The molecule has 0 aliphatic carbocycles. The molecular weight excluding hydrogens is 177 g/mol. The predicted octanol–water partition coefficient (Wildman–Crippen LogP) is 1.26. The second kappa shape index (κ2) is 3.83. The van der Waals surface area contributed by atoms with E-state index in [1.165, 1.54) is 0 Å². The summed E-state index contributed by atoms with van der Waals surface area (Å²) in [5.74, 6) is 4.64. The largest absolute Gasteiger partial charge is 0.348 e. The number of nitrogens with two attached hydrogens (primary N) is 1. The quantitative estimate of drug-likeness (QED) is 0.552. The minimum absolute atomic E-state index is 0.0513. The minimum atomic E-state index is -3.62. The highest BCUT2D eigenvalue weighted by atomic mass is 31.2. The Labute approximate surface area is 70.5 Å². The molecule has 0 saturated heterocycles. The molecule has 3 N–H and O–H groups in total. The lowest BCUT2D eigenvalue weighted by molar-refractivity contribution is 0.267. The van der Waals surface area contributed by atoms with Gasteiger partial charge in [0.25, 0.3) is 0 Å². The van der Waals surface area contributed by atoms with Crippen LogP contribution in [-0.4, -0.2) is 4.89 Å². The standard InChI is InChI=1S/C7H10NO3P/c8-11-12(9,10)6-7-4-2-1-3-5-7/h1-5H,6,8H2,(H,9,10). The minimum Gasteiger partial charge on any atom is -0.323 e. The van der Waals surface area contributed by atoms with Crippen molar-refractivity contribution in [3.63, 3.8) is 0 Å². The molecule has 66 valence electrons. The molecule has 0 fully saturated rings. The third-order valence-corrected chi connectivity index (χ3v) is 2.48. The third-order valence-electron chi connectivity index (χ3n) is 1.39. The summed E-state index contributed by atoms with van der Waals surface area (Å²) < 4.78 is 14.9. The van der Waals surface area contributed by atoms with Gasteiger partial charge in [0.15, 0.2) is 0 Å². The van der Waals surface area contributed by atoms with E-state index in [2.05, 4.69) is 10.5 Å². The van der Waals surface area contributed by atoms with Gasteiger partial charge < -0.3 is 4.89 Å². The van der Waals surface area contributed by atoms with Crippen LogP contribution in [0.2, 0.25) is 0 Å². The molecule has 0 amide bonds. The molecule has 4 nitrogen and oxygen atoms in total. The molecule has 1 rings (SSSR count). The van der Waals surface area contributed by atoms with Crippen LogP contribution in [0.1, 0.15) is 5.56 Å². The molecule has 0 heterocycles. The zero-order valence-corrected chi connectivity index (χ0v) is 7.28. The van der Waals surface area contributed by atoms with Gasteiger partial charge in [-0.05, 0) is 5.56 Å². The zero-order valence-electron chi connectivity index (χ0n) is 6.38. The first kappa shape index (κ1) is 9.42. The highest BCUT2D eigenvalue weighted by Crippen LogP contribution is 2.43. The molecule has 12 heavy (non-hydrogen) atoms. The van der Waals surface area contributed by atoms with E-state index in [4.69, 9.17) is 4.89 Å². The first-order valence-electron chi connectivity index (χ1n) is 3.38. The van der Waals surface area contributed by atoms with Crippen molar-refractivity contribution < 1.29 is 14.1 Å². The van der Waals surface area contributed by atoms with E-state index in [0.717, 1.165) is 5.56 Å². The Balaban J connectivity index is 2.71. The van der Waals surface area contributed by atoms with Gasteiger partial charge in [-0.1, -0.05) is 30.3 Å². The Kier molecular flexibility index (Phi) is 3.00. The van der Waals surface area contributed by atoms with Crippen molar-refractivity contribution in [2.45, 2.75) is 6.16 Å². The lowest BCUT2D eigenvalue weighted by Crippen LogP contribution is -1.98. The van der Waals surface area contributed by atoms with Crippen LogP contribution >= 0.6 is 7.60 Å². The molecule has 0 aromatic heterocycles. The summed E-state index contributed by atoms with van der Waals surface area (Å²) in [6.07, 6.45) is -0.0513. The van der Waals surface area contributed by atoms with E-state index in [1.807, 2.05) is 6.07 Å². The van der Waals surface area contributed by atoms with Gasteiger partial charge >= 0.3 is 7.60 Å². The number of hydrogen-bond donors (Lipinski definition) is 2. The Bertz CT molecular complexity index is 288. The average Bonchev–Trinajstić information content (AvgIpc) is 2.06. The van der Waals surface area contributed by atoms with E-state index >= 15 is 0 Å². The smallest absolute Gasteiger partial charge is 0.323 e. The Morgan fingerprint density at radius 2 is 2.00 bits per heavy atom. The molecule has 0 spiro atoms. The summed E-state index contributed by atoms with van der Waals surface area (Å²) in [6, 6.07) is 8.87. The summed E-state index contributed by atoms with van der Waals surface area (Å²) in [6.45, 7) is 0. The van der Waals surface area contributed by atoms with Crippen LogP contribution in [0.4, 0.5) is 0 Å². The van der Waals surface area contributed by atoms with Gasteiger partial charge in [0, 0.05) is 0 Å². The summed E-state index contributed by atoms with van der Waals surface area (Å²) in [5.41, 5.74) is 0.730. The van der Waals surface area contributed by atoms with Crippen LogP contribution in [0, 0.1) is 0 Å². The summed E-state index contributed by atoms with van der Waals surface area (Å²) in [4.78, 5) is 8.98. The Morgan fingerprint density at radius 3 is 2.50 bits per heavy atom. The zero-order chi connectivity index (χ0) is 9.03. The van der Waals surface area contributed by atoms with Crippen LogP contribution in [0.5, 0.6) is 0 Å². The maximum Gasteiger partial charge on any atom is 0.348 e. The lowest BCUT2D eigenvalue weighted by Gasteiger charge is -2.06. The topological polar surface area (TPSA) is 72.5 Å². The van der Waals surface area contributed by atoms with Gasteiger partial charge in [0.05, 0.1) is 6.16 Å². The summed E-state index contributed by atoms with van der Waals surface area (Å²) in [5, 5.41) is 0. The molecule has 0 bridgehead atoms. The highest BCUT2D eigenvalue weighted by Gasteiger charge is 2.17. The molecule has 1 unspecified atom stereocenters. The maximum absolute atomic E-state index is 11.0. The van der Waals surface area contributed by atoms with Crippen molar-refractivity contribution in [1.82, 2.24) is 0 Å². The second-order valence-electron chi connectivity index (χ2n) is 2.39. The molecule has 0 aliphatic heterocycles. The number of hydrogen-bond acceptors (Lipinski definition) is 3. The molecule has 1 aromatic rings. The van der Waals surface area contributed by atoms with Crippen molar-refractivity contribution in [2.75, 3.05) is 0 Å². The highest BCUT2D eigenvalue weighted by molar-refractivity contribution is 7.51. The molecule has 0 radical (unpaired) electrons. The summed E-state index contributed by atoms with van der Waals surface area (Å²) >= 11 is 0. The third kappa shape index (κ3) is 2.75. The van der Waals surface area contributed by atoms with Gasteiger partial charge in [-0.2, -0.15) is 0 Å². The van der Waals surface area contributed by atoms with E-state index in [1.54, 1.807) is 24.3 Å². The monoisotopic (exact) mass is 187 g/mol. The van der Waals surface area contributed by atoms with Crippen LogP contribution in [0.25, 0.3) is 0 Å². The Hall–Kier alpha value is -0.670. The second-order valence-corrected chi connectivity index (χ2v) is 4.19. The Morgan fingerprint density at radius 1 is 1.42 bits per heavy atom. The van der Waals surface area contributed by atoms with E-state index < -0.39 is 7.60 Å². The van der Waals surface area contributed by atoms with Crippen molar-refractivity contribution in [1.29, 1.82) is 0 Å². The average molecular weight is 187 g/mol. The summed E-state index contributed by atoms with van der Waals surface area (Å²) in [7, 11) is -3.62. The van der Waals surface area contributed by atoms with Crippen LogP contribution < -0.4 is 5.90 Å². The van der Waals surface area contributed by atoms with Crippen LogP contribution in [0.15, 0.2) is 30.3 Å². The lowest BCUT2D eigenvalue weighted by atomic mass is 10.2. The molecule has 1 aromatic carbocycles. The molecular formula is C7H10NO3P. The van der Waals surface area contributed by atoms with E-state index in [-0.39, 0.29) is 6.16 Å². The van der Waals surface area contributed by atoms with Crippen molar-refractivity contribution in [2.24, 2.45) is 5.90 Å². The van der Waals surface area contributed by atoms with Gasteiger partial charge in [0.1, 0.15) is 0 Å². The van der Waals surface area contributed by atoms with Gasteiger partial charge in [-0.15, -0.1) is 0 Å². The van der Waals surface area contributed by atoms with E-state index in [9.17, 15) is 4.57 Å². The van der Waals surface area contributed by atoms with Crippen molar-refractivity contribution in [3.05, 3.63) is 35.9 Å². The number of benzene rings is 1. The van der Waals surface area contributed by atoms with Crippen LogP contribution in [-0.2, 0) is 15.4 Å². The first-order chi connectivity index (χ1) is 5.64. The molecule has 5 heteroatoms. The van der Waals surface area contributed by atoms with Crippen molar-refractivity contribution >= 4 is 7.60 Å². The van der Waals surface area contributed by atoms with E-state index in [0.29, 0.717) is 0 Å². The fraction of sp³-hybridized carbons (Fsp3) is 0.143. The molecule has 0 saturated carbocycles. The number of rotatable bonds is 3. The SMILES string of the molecule is NOP(=O)(O)Cc1ccccc1.